The molecule has 2 unspecified atom stereocenters. The van der Waals surface area contributed by atoms with Gasteiger partial charge < -0.3 is 20.1 Å². The van der Waals surface area contributed by atoms with Gasteiger partial charge in [0.15, 0.2) is 6.61 Å². The molecule has 2 rings (SSSR count). The maximum Gasteiger partial charge on any atom is 0.260 e. The lowest BCUT2D eigenvalue weighted by molar-refractivity contribution is -0.137. The highest BCUT2D eigenvalue weighted by Gasteiger charge is 2.29. The number of carbonyl (C=O) groups is 1. The van der Waals surface area contributed by atoms with Crippen molar-refractivity contribution in [2.24, 2.45) is 5.73 Å². The van der Waals surface area contributed by atoms with Crippen LogP contribution in [0, 0.1) is 0 Å². The van der Waals surface area contributed by atoms with Crippen LogP contribution in [0.5, 0.6) is 11.5 Å². The highest BCUT2D eigenvalue weighted by Crippen LogP contribution is 2.21. The molecule has 1 aliphatic rings. The summed E-state index contributed by atoms with van der Waals surface area (Å²) in [5.74, 6) is 1.51. The summed E-state index contributed by atoms with van der Waals surface area (Å²) in [5.41, 5.74) is 6.01. The van der Waals surface area contributed by atoms with Crippen molar-refractivity contribution in [1.82, 2.24) is 4.90 Å². The van der Waals surface area contributed by atoms with Crippen molar-refractivity contribution in [2.75, 3.05) is 19.8 Å². The molecule has 2 atom stereocenters. The first kappa shape index (κ1) is 20.6. The van der Waals surface area contributed by atoms with E-state index in [-0.39, 0.29) is 37.0 Å². The predicted molar refractivity (Wildman–Crippen MR) is 98.0 cm³/mol. The monoisotopic (exact) mass is 356 g/mol. The summed E-state index contributed by atoms with van der Waals surface area (Å²) < 4.78 is 11.1. The highest BCUT2D eigenvalue weighted by molar-refractivity contribution is 5.85. The Bertz CT molecular complexity index is 494. The smallest absolute Gasteiger partial charge is 0.260 e. The molecule has 6 heteroatoms. The second kappa shape index (κ2) is 10.4. The molecular formula is C18H29ClN2O3. The third-order valence-corrected chi connectivity index (χ3v) is 4.14. The molecule has 24 heavy (non-hydrogen) atoms. The second-order valence-electron chi connectivity index (χ2n) is 6.12. The van der Waals surface area contributed by atoms with Crippen molar-refractivity contribution in [3.8, 4) is 11.5 Å². The lowest BCUT2D eigenvalue weighted by Crippen LogP contribution is -2.52. The van der Waals surface area contributed by atoms with E-state index < -0.39 is 0 Å². The number of piperidine rings is 1. The van der Waals surface area contributed by atoms with Gasteiger partial charge >= 0.3 is 0 Å². The normalized spacial score (nSPS) is 18.5. The first-order valence-electron chi connectivity index (χ1n) is 8.52. The van der Waals surface area contributed by atoms with Crippen LogP contribution in [0.1, 0.15) is 39.5 Å². The lowest BCUT2D eigenvalue weighted by Gasteiger charge is -2.38. The van der Waals surface area contributed by atoms with Crippen LogP contribution in [0.4, 0.5) is 0 Å². The maximum absolute atomic E-state index is 12.4. The molecular weight excluding hydrogens is 328 g/mol. The molecule has 1 aromatic rings. The number of nitrogens with two attached hydrogens (primary N) is 1. The molecule has 1 saturated heterocycles. The van der Waals surface area contributed by atoms with Gasteiger partial charge in [-0.3, -0.25) is 4.79 Å². The molecule has 1 fully saturated rings. The first-order chi connectivity index (χ1) is 11.1. The van der Waals surface area contributed by atoms with Gasteiger partial charge in [0.05, 0.1) is 6.61 Å². The molecule has 1 aromatic carbocycles. The highest BCUT2D eigenvalue weighted by atomic mass is 35.5. The van der Waals surface area contributed by atoms with Crippen molar-refractivity contribution >= 4 is 18.3 Å². The molecule has 5 nitrogen and oxygen atoms in total. The van der Waals surface area contributed by atoms with Gasteiger partial charge in [0.25, 0.3) is 5.91 Å². The van der Waals surface area contributed by atoms with Crippen LogP contribution in [-0.4, -0.2) is 42.6 Å². The van der Waals surface area contributed by atoms with Crippen LogP contribution >= 0.6 is 12.4 Å². The molecule has 0 radical (unpaired) electrons. The largest absolute Gasteiger partial charge is 0.494 e. The van der Waals surface area contributed by atoms with Gasteiger partial charge in [0.1, 0.15) is 11.5 Å². The molecule has 136 valence electrons. The van der Waals surface area contributed by atoms with Gasteiger partial charge in [-0.2, -0.15) is 0 Å². The third-order valence-electron chi connectivity index (χ3n) is 4.14. The van der Waals surface area contributed by atoms with E-state index in [1.54, 1.807) is 0 Å². The fraction of sp³-hybridized carbons (Fsp3) is 0.611. The molecule has 1 amide bonds. The van der Waals surface area contributed by atoms with E-state index in [1.807, 2.05) is 36.1 Å². The number of carbonyl (C=O) groups excluding carboxylic acids is 1. The summed E-state index contributed by atoms with van der Waals surface area (Å²) in [6.07, 6.45) is 4.13. The minimum absolute atomic E-state index is 0. The standard InChI is InChI=1S/C18H28N2O3.ClH/c1-3-12-22-15-7-9-16(10-8-15)23-13-18(21)20-11-5-4-6-17(20)14(2)19;/h7-10,14,17H,3-6,11-13,19H2,1-2H3;1H. The predicted octanol–water partition coefficient (Wildman–Crippen LogP) is 3.00. The number of ether oxygens (including phenoxy) is 2. The number of amides is 1. The fourth-order valence-corrected chi connectivity index (χ4v) is 2.89. The Morgan fingerprint density at radius 3 is 2.46 bits per heavy atom. The summed E-state index contributed by atoms with van der Waals surface area (Å²) in [6.45, 7) is 5.56. The van der Waals surface area contributed by atoms with E-state index in [9.17, 15) is 4.79 Å². The van der Waals surface area contributed by atoms with Gasteiger partial charge in [0, 0.05) is 18.6 Å². The molecule has 1 aliphatic heterocycles. The molecule has 0 aromatic heterocycles. The van der Waals surface area contributed by atoms with E-state index in [0.29, 0.717) is 12.4 Å². The van der Waals surface area contributed by atoms with Crippen molar-refractivity contribution in [3.63, 3.8) is 0 Å². The Balaban J connectivity index is 0.00000288. The Labute approximate surface area is 150 Å². The zero-order valence-electron chi connectivity index (χ0n) is 14.6. The molecule has 0 bridgehead atoms. The quantitative estimate of drug-likeness (QED) is 0.815. The van der Waals surface area contributed by atoms with Crippen molar-refractivity contribution < 1.29 is 14.3 Å². The van der Waals surface area contributed by atoms with E-state index >= 15 is 0 Å². The van der Waals surface area contributed by atoms with E-state index in [1.165, 1.54) is 0 Å². The first-order valence-corrected chi connectivity index (χ1v) is 8.52. The third kappa shape index (κ3) is 5.87. The average Bonchev–Trinajstić information content (AvgIpc) is 2.58. The summed E-state index contributed by atoms with van der Waals surface area (Å²) >= 11 is 0. The number of nitrogens with zero attached hydrogens (tertiary/aromatic N) is 1. The Morgan fingerprint density at radius 1 is 1.25 bits per heavy atom. The minimum atomic E-state index is -0.00533. The lowest BCUT2D eigenvalue weighted by atomic mass is 9.97. The van der Waals surface area contributed by atoms with Crippen molar-refractivity contribution in [2.45, 2.75) is 51.6 Å². The van der Waals surface area contributed by atoms with Crippen LogP contribution in [0.25, 0.3) is 0 Å². The minimum Gasteiger partial charge on any atom is -0.494 e. The molecule has 0 spiro atoms. The maximum atomic E-state index is 12.4. The molecule has 0 aliphatic carbocycles. The Morgan fingerprint density at radius 2 is 1.88 bits per heavy atom. The van der Waals surface area contributed by atoms with Gasteiger partial charge in [-0.05, 0) is 56.9 Å². The zero-order valence-corrected chi connectivity index (χ0v) is 15.4. The summed E-state index contributed by atoms with van der Waals surface area (Å²) in [4.78, 5) is 14.3. The average molecular weight is 357 g/mol. The number of hydrogen-bond acceptors (Lipinski definition) is 4. The van der Waals surface area contributed by atoms with Gasteiger partial charge in [0.2, 0.25) is 0 Å². The fourth-order valence-electron chi connectivity index (χ4n) is 2.89. The van der Waals surface area contributed by atoms with Crippen LogP contribution in [0.2, 0.25) is 0 Å². The number of benzene rings is 1. The van der Waals surface area contributed by atoms with Crippen LogP contribution in [0.3, 0.4) is 0 Å². The van der Waals surface area contributed by atoms with Crippen LogP contribution < -0.4 is 15.2 Å². The SMILES string of the molecule is CCCOc1ccc(OCC(=O)N2CCCCC2C(C)N)cc1.Cl. The van der Waals surface area contributed by atoms with Crippen molar-refractivity contribution in [1.29, 1.82) is 0 Å². The Hall–Kier alpha value is -1.46. The van der Waals surface area contributed by atoms with Gasteiger partial charge in [-0.1, -0.05) is 6.92 Å². The van der Waals surface area contributed by atoms with Crippen LogP contribution in [-0.2, 0) is 4.79 Å². The zero-order chi connectivity index (χ0) is 16.7. The number of likely N-dealkylation sites (tertiary alicyclic amines) is 1. The summed E-state index contributed by atoms with van der Waals surface area (Å²) in [6, 6.07) is 7.51. The molecule has 1 heterocycles. The van der Waals surface area contributed by atoms with Crippen molar-refractivity contribution in [3.05, 3.63) is 24.3 Å². The van der Waals surface area contributed by atoms with Gasteiger partial charge in [-0.25, -0.2) is 0 Å². The number of hydrogen-bond donors (Lipinski definition) is 1. The number of rotatable bonds is 7. The topological polar surface area (TPSA) is 64.8 Å². The molecule has 0 saturated carbocycles. The number of halogens is 1. The van der Waals surface area contributed by atoms with E-state index in [4.69, 9.17) is 15.2 Å². The second-order valence-corrected chi connectivity index (χ2v) is 6.12. The van der Waals surface area contributed by atoms with E-state index in [2.05, 4.69) is 6.92 Å². The van der Waals surface area contributed by atoms with E-state index in [0.717, 1.165) is 38.0 Å². The van der Waals surface area contributed by atoms with Gasteiger partial charge in [-0.15, -0.1) is 12.4 Å². The summed E-state index contributed by atoms with van der Waals surface area (Å²) in [5, 5.41) is 0. The summed E-state index contributed by atoms with van der Waals surface area (Å²) in [7, 11) is 0. The molecule has 2 N–H and O–H groups in total. The van der Waals surface area contributed by atoms with Crippen LogP contribution in [0.15, 0.2) is 24.3 Å². The Kier molecular flexibility index (Phi) is 8.93.